The number of nitriles is 1. The highest BCUT2D eigenvalue weighted by molar-refractivity contribution is 5.94. The van der Waals surface area contributed by atoms with Gasteiger partial charge in [-0.1, -0.05) is 26.8 Å². The molecule has 1 heterocycles. The molecule has 2 nitrogen and oxygen atoms in total. The van der Waals surface area contributed by atoms with Crippen molar-refractivity contribution in [1.29, 1.82) is 5.26 Å². The van der Waals surface area contributed by atoms with Crippen LogP contribution in [0.5, 0.6) is 0 Å². The molecule has 0 radical (unpaired) electrons. The number of rotatable bonds is 1. The predicted molar refractivity (Wildman–Crippen MR) is 103 cm³/mol. The average molecular weight is 329 g/mol. The van der Waals surface area contributed by atoms with Crippen LogP contribution in [0.25, 0.3) is 22.0 Å². The van der Waals surface area contributed by atoms with Crippen LogP contribution in [0.15, 0.2) is 42.6 Å². The minimum absolute atomic E-state index is 0.102. The Morgan fingerprint density at radius 3 is 2.36 bits per heavy atom. The van der Waals surface area contributed by atoms with Crippen molar-refractivity contribution in [3.05, 3.63) is 64.8 Å². The number of fused-ring (bicyclic) bond motifs is 1. The van der Waals surface area contributed by atoms with Crippen LogP contribution in [-0.4, -0.2) is 0 Å². The van der Waals surface area contributed by atoms with Gasteiger partial charge in [0.15, 0.2) is 6.20 Å². The molecule has 3 aromatic rings. The highest BCUT2D eigenvalue weighted by Gasteiger charge is 2.22. The highest BCUT2D eigenvalue weighted by Crippen LogP contribution is 2.34. The van der Waals surface area contributed by atoms with E-state index in [1.807, 2.05) is 12.1 Å². The largest absolute Gasteiger partial charge is 0.220 e. The molecule has 25 heavy (non-hydrogen) atoms. The monoisotopic (exact) mass is 329 g/mol. The molecule has 3 rings (SSSR count). The lowest BCUT2D eigenvalue weighted by Gasteiger charge is -2.22. The third kappa shape index (κ3) is 3.03. The summed E-state index contributed by atoms with van der Waals surface area (Å²) in [6.45, 7) is 11.1. The van der Waals surface area contributed by atoms with E-state index in [1.165, 1.54) is 33.3 Å². The van der Waals surface area contributed by atoms with Gasteiger partial charge >= 0.3 is 0 Å². The van der Waals surface area contributed by atoms with Gasteiger partial charge in [0.1, 0.15) is 7.05 Å². The van der Waals surface area contributed by atoms with Crippen LogP contribution >= 0.6 is 0 Å². The molecule has 0 aliphatic rings. The van der Waals surface area contributed by atoms with Crippen molar-refractivity contribution in [2.24, 2.45) is 7.05 Å². The molecule has 0 unspecified atom stereocenters. The first kappa shape index (κ1) is 17.2. The summed E-state index contributed by atoms with van der Waals surface area (Å²) in [6.07, 6.45) is 2.08. The van der Waals surface area contributed by atoms with E-state index in [0.29, 0.717) is 5.56 Å². The Balaban J connectivity index is 2.39. The molecule has 0 bridgehead atoms. The summed E-state index contributed by atoms with van der Waals surface area (Å²) in [6, 6.07) is 14.9. The fourth-order valence-electron chi connectivity index (χ4n) is 3.32. The number of hydrogen-bond donors (Lipinski definition) is 0. The van der Waals surface area contributed by atoms with Crippen LogP contribution in [0.2, 0.25) is 0 Å². The maximum absolute atomic E-state index is 9.19. The molecule has 2 aromatic carbocycles. The molecule has 0 saturated carbocycles. The molecule has 0 aliphatic heterocycles. The first-order chi connectivity index (χ1) is 11.7. The van der Waals surface area contributed by atoms with Crippen molar-refractivity contribution in [2.75, 3.05) is 0 Å². The van der Waals surface area contributed by atoms with Crippen LogP contribution in [0.1, 0.15) is 43.0 Å². The fraction of sp³-hybridized carbons (Fsp3) is 0.304. The first-order valence-corrected chi connectivity index (χ1v) is 8.67. The van der Waals surface area contributed by atoms with E-state index in [2.05, 4.69) is 82.8 Å². The first-order valence-electron chi connectivity index (χ1n) is 8.67. The van der Waals surface area contributed by atoms with Gasteiger partial charge in [-0.05, 0) is 65.6 Å². The molecule has 0 spiro atoms. The van der Waals surface area contributed by atoms with E-state index in [1.54, 1.807) is 0 Å². The standard InChI is InChI=1S/C23H25N2/c1-15-11-19(23(3,4)5)13-21(16(15)2)22-20-8-7-17(14-24)12-18(20)9-10-25(22)6/h7-13H,1-6H3/q+1. The summed E-state index contributed by atoms with van der Waals surface area (Å²) < 4.78 is 2.18. The maximum Gasteiger partial charge on any atom is 0.220 e. The van der Waals surface area contributed by atoms with Gasteiger partial charge in [0, 0.05) is 6.07 Å². The van der Waals surface area contributed by atoms with E-state index in [0.717, 1.165) is 5.39 Å². The number of nitrogens with zero attached hydrogens (tertiary/aromatic N) is 2. The van der Waals surface area contributed by atoms with Gasteiger partial charge in [0.25, 0.3) is 0 Å². The number of pyridine rings is 1. The van der Waals surface area contributed by atoms with E-state index < -0.39 is 0 Å². The second-order valence-corrected chi connectivity index (χ2v) is 7.90. The van der Waals surface area contributed by atoms with Crippen molar-refractivity contribution in [3.8, 4) is 17.3 Å². The number of aryl methyl sites for hydroxylation is 2. The Morgan fingerprint density at radius 1 is 1.00 bits per heavy atom. The Bertz CT molecular complexity index is 1010. The van der Waals surface area contributed by atoms with Gasteiger partial charge in [-0.25, -0.2) is 4.57 Å². The number of hydrogen-bond acceptors (Lipinski definition) is 1. The van der Waals surface area contributed by atoms with E-state index in [4.69, 9.17) is 0 Å². The lowest BCUT2D eigenvalue weighted by molar-refractivity contribution is -0.659. The molecule has 0 saturated heterocycles. The summed E-state index contributed by atoms with van der Waals surface area (Å²) in [5, 5.41) is 11.5. The zero-order chi connectivity index (χ0) is 18.4. The molecule has 0 aliphatic carbocycles. The average Bonchev–Trinajstić information content (AvgIpc) is 2.56. The normalized spacial score (nSPS) is 11.6. The fourth-order valence-corrected chi connectivity index (χ4v) is 3.32. The molecular weight excluding hydrogens is 304 g/mol. The Morgan fingerprint density at radius 2 is 1.72 bits per heavy atom. The van der Waals surface area contributed by atoms with Crippen LogP contribution < -0.4 is 4.57 Å². The second-order valence-electron chi connectivity index (χ2n) is 7.90. The molecule has 126 valence electrons. The Labute approximate surface area is 150 Å². The summed E-state index contributed by atoms with van der Waals surface area (Å²) in [7, 11) is 2.09. The molecule has 0 fully saturated rings. The molecular formula is C23H25N2+. The van der Waals surface area contributed by atoms with Crippen LogP contribution in [0.3, 0.4) is 0 Å². The number of aromatic nitrogens is 1. The molecule has 2 heteroatoms. The van der Waals surface area contributed by atoms with Gasteiger partial charge in [0.2, 0.25) is 5.69 Å². The summed E-state index contributed by atoms with van der Waals surface area (Å²) >= 11 is 0. The minimum Gasteiger partial charge on any atom is -0.200 e. The van der Waals surface area contributed by atoms with Crippen molar-refractivity contribution in [3.63, 3.8) is 0 Å². The molecule has 0 atom stereocenters. The summed E-state index contributed by atoms with van der Waals surface area (Å²) in [5.74, 6) is 0. The van der Waals surface area contributed by atoms with Crippen LogP contribution in [-0.2, 0) is 12.5 Å². The minimum atomic E-state index is 0.102. The van der Waals surface area contributed by atoms with Gasteiger partial charge in [-0.2, -0.15) is 5.26 Å². The highest BCUT2D eigenvalue weighted by atomic mass is 14.9. The Hall–Kier alpha value is -2.66. The second kappa shape index (κ2) is 6.01. The van der Waals surface area contributed by atoms with Crippen molar-refractivity contribution < 1.29 is 4.57 Å². The van der Waals surface area contributed by atoms with E-state index in [9.17, 15) is 5.26 Å². The third-order valence-corrected chi connectivity index (χ3v) is 5.05. The predicted octanol–water partition coefficient (Wildman–Crippen LogP) is 5.12. The Kier molecular flexibility index (Phi) is 4.13. The zero-order valence-corrected chi connectivity index (χ0v) is 15.9. The van der Waals surface area contributed by atoms with Gasteiger partial charge in [0.05, 0.1) is 22.6 Å². The molecule has 0 amide bonds. The zero-order valence-electron chi connectivity index (χ0n) is 15.9. The van der Waals surface area contributed by atoms with Gasteiger partial charge in [-0.15, -0.1) is 0 Å². The summed E-state index contributed by atoms with van der Waals surface area (Å²) in [5.41, 5.74) is 7.23. The quantitative estimate of drug-likeness (QED) is 0.570. The van der Waals surface area contributed by atoms with Crippen molar-refractivity contribution in [1.82, 2.24) is 0 Å². The van der Waals surface area contributed by atoms with Crippen LogP contribution in [0, 0.1) is 25.2 Å². The molecule has 1 aromatic heterocycles. The van der Waals surface area contributed by atoms with Gasteiger partial charge in [-0.3, -0.25) is 0 Å². The lowest BCUT2D eigenvalue weighted by atomic mass is 9.83. The van der Waals surface area contributed by atoms with Gasteiger partial charge < -0.3 is 0 Å². The smallest absolute Gasteiger partial charge is 0.200 e. The number of benzene rings is 2. The molecule has 0 N–H and O–H groups in total. The lowest BCUT2D eigenvalue weighted by Crippen LogP contribution is -2.31. The van der Waals surface area contributed by atoms with E-state index in [-0.39, 0.29) is 5.41 Å². The third-order valence-electron chi connectivity index (χ3n) is 5.05. The SMILES string of the molecule is Cc1cc(C(C)(C)C)cc(-c2c3ccc(C#N)cc3cc[n+]2C)c1C. The van der Waals surface area contributed by atoms with Crippen LogP contribution in [0.4, 0.5) is 0 Å². The van der Waals surface area contributed by atoms with Crippen molar-refractivity contribution in [2.45, 2.75) is 40.0 Å². The summed E-state index contributed by atoms with van der Waals surface area (Å²) in [4.78, 5) is 0. The van der Waals surface area contributed by atoms with E-state index >= 15 is 0 Å². The van der Waals surface area contributed by atoms with Crippen molar-refractivity contribution >= 4 is 10.8 Å². The topological polar surface area (TPSA) is 27.7 Å². The maximum atomic E-state index is 9.19.